The summed E-state index contributed by atoms with van der Waals surface area (Å²) < 4.78 is 11.4. The molecule has 0 atom stereocenters. The molecule has 0 aromatic carbocycles. The summed E-state index contributed by atoms with van der Waals surface area (Å²) in [5.74, 6) is 0. The Morgan fingerprint density at radius 1 is 1.50 bits per heavy atom. The average Bonchev–Trinajstić information content (AvgIpc) is 2.07. The lowest BCUT2D eigenvalue weighted by molar-refractivity contribution is -0.0249. The lowest BCUT2D eigenvalue weighted by Gasteiger charge is -2.46. The van der Waals surface area contributed by atoms with E-state index < -0.39 is 5.60 Å². The van der Waals surface area contributed by atoms with Crippen LogP contribution in [0, 0.1) is 0 Å². The number of amides is 1. The smallest absolute Gasteiger partial charge is 0.408 e. The SMILES string of the molecule is COC1CC(CI)(NC(=O)OC(C)(C)C)C1. The molecule has 94 valence electrons. The fraction of sp³-hybridized carbons (Fsp3) is 0.909. The van der Waals surface area contributed by atoms with E-state index in [0.29, 0.717) is 0 Å². The zero-order valence-electron chi connectivity index (χ0n) is 10.3. The van der Waals surface area contributed by atoms with E-state index in [1.165, 1.54) is 0 Å². The molecule has 0 heterocycles. The zero-order chi connectivity index (χ0) is 12.4. The molecule has 0 aromatic rings. The van der Waals surface area contributed by atoms with E-state index in [1.54, 1.807) is 7.11 Å². The lowest BCUT2D eigenvalue weighted by atomic mass is 9.76. The molecule has 0 aliphatic heterocycles. The Morgan fingerprint density at radius 3 is 2.44 bits per heavy atom. The van der Waals surface area contributed by atoms with Crippen molar-refractivity contribution in [2.75, 3.05) is 11.5 Å². The van der Waals surface area contributed by atoms with E-state index in [1.807, 2.05) is 20.8 Å². The van der Waals surface area contributed by atoms with Gasteiger partial charge in [0.1, 0.15) is 5.60 Å². The first kappa shape index (κ1) is 14.0. The standard InChI is InChI=1S/C11H20INO3/c1-10(2,3)16-9(14)13-11(7-12)5-8(6-11)15-4/h8H,5-7H2,1-4H3,(H,13,14). The highest BCUT2D eigenvalue weighted by atomic mass is 127. The molecule has 1 amide bonds. The van der Waals surface area contributed by atoms with E-state index in [2.05, 4.69) is 27.9 Å². The molecule has 0 aromatic heterocycles. The fourth-order valence-corrected chi connectivity index (χ4v) is 2.56. The van der Waals surface area contributed by atoms with Crippen molar-refractivity contribution >= 4 is 28.7 Å². The Labute approximate surface area is 111 Å². The molecule has 1 rings (SSSR count). The third kappa shape index (κ3) is 3.76. The van der Waals surface area contributed by atoms with Gasteiger partial charge >= 0.3 is 6.09 Å². The molecule has 1 N–H and O–H groups in total. The van der Waals surface area contributed by atoms with E-state index in [9.17, 15) is 4.79 Å². The summed E-state index contributed by atoms with van der Waals surface area (Å²) in [5, 5.41) is 2.95. The van der Waals surface area contributed by atoms with E-state index in [4.69, 9.17) is 9.47 Å². The minimum Gasteiger partial charge on any atom is -0.444 e. The van der Waals surface area contributed by atoms with Crippen molar-refractivity contribution in [3.05, 3.63) is 0 Å². The van der Waals surface area contributed by atoms with Gasteiger partial charge in [-0.2, -0.15) is 0 Å². The molecule has 0 saturated heterocycles. The molecule has 1 saturated carbocycles. The van der Waals surface area contributed by atoms with Crippen molar-refractivity contribution in [1.29, 1.82) is 0 Å². The van der Waals surface area contributed by atoms with Crippen LogP contribution in [0.25, 0.3) is 0 Å². The molecule has 0 bridgehead atoms. The second-order valence-corrected chi connectivity index (χ2v) is 6.07. The van der Waals surface area contributed by atoms with Crippen LogP contribution in [0.3, 0.4) is 0 Å². The third-order valence-electron chi connectivity index (χ3n) is 2.59. The summed E-state index contributed by atoms with van der Waals surface area (Å²) in [4.78, 5) is 11.6. The predicted molar refractivity (Wildman–Crippen MR) is 71.0 cm³/mol. The van der Waals surface area contributed by atoms with Crippen molar-refractivity contribution < 1.29 is 14.3 Å². The second kappa shape index (κ2) is 5.08. The Morgan fingerprint density at radius 2 is 2.06 bits per heavy atom. The first-order chi connectivity index (χ1) is 7.30. The number of alkyl halides is 1. The Kier molecular flexibility index (Phi) is 4.45. The summed E-state index contributed by atoms with van der Waals surface area (Å²) >= 11 is 2.29. The van der Waals surface area contributed by atoms with Gasteiger partial charge in [-0.3, -0.25) is 0 Å². The van der Waals surface area contributed by atoms with Gasteiger partial charge in [0.2, 0.25) is 0 Å². The topological polar surface area (TPSA) is 47.6 Å². The van der Waals surface area contributed by atoms with Crippen molar-refractivity contribution in [3.63, 3.8) is 0 Å². The number of halogens is 1. The molecular weight excluding hydrogens is 321 g/mol. The zero-order valence-corrected chi connectivity index (χ0v) is 12.5. The van der Waals surface area contributed by atoms with Gasteiger partial charge in [0.15, 0.2) is 0 Å². The quantitative estimate of drug-likeness (QED) is 0.634. The van der Waals surface area contributed by atoms with Gasteiger partial charge in [0.25, 0.3) is 0 Å². The van der Waals surface area contributed by atoms with Crippen LogP contribution in [-0.2, 0) is 9.47 Å². The van der Waals surface area contributed by atoms with Crippen molar-refractivity contribution in [2.45, 2.75) is 50.9 Å². The first-order valence-electron chi connectivity index (χ1n) is 5.40. The molecule has 1 aliphatic carbocycles. The van der Waals surface area contributed by atoms with Crippen LogP contribution in [0.1, 0.15) is 33.6 Å². The molecule has 0 radical (unpaired) electrons. The predicted octanol–water partition coefficient (Wildman–Crippen LogP) is 2.49. The lowest BCUT2D eigenvalue weighted by Crippen LogP contribution is -2.61. The van der Waals surface area contributed by atoms with Gasteiger partial charge in [0.05, 0.1) is 11.6 Å². The van der Waals surface area contributed by atoms with Gasteiger partial charge in [-0.25, -0.2) is 4.79 Å². The number of nitrogens with one attached hydrogen (secondary N) is 1. The number of alkyl carbamates (subject to hydrolysis) is 1. The van der Waals surface area contributed by atoms with Gasteiger partial charge in [-0.1, -0.05) is 22.6 Å². The molecule has 4 nitrogen and oxygen atoms in total. The van der Waals surface area contributed by atoms with Gasteiger partial charge < -0.3 is 14.8 Å². The van der Waals surface area contributed by atoms with E-state index in [0.717, 1.165) is 17.3 Å². The van der Waals surface area contributed by atoms with Gasteiger partial charge in [-0.05, 0) is 33.6 Å². The number of methoxy groups -OCH3 is 1. The third-order valence-corrected chi connectivity index (χ3v) is 4.05. The minimum absolute atomic E-state index is 0.135. The summed E-state index contributed by atoms with van der Waals surface area (Å²) in [6, 6.07) is 0. The normalized spacial score (nSPS) is 29.4. The van der Waals surface area contributed by atoms with Crippen LogP contribution in [0.4, 0.5) is 4.79 Å². The molecule has 0 spiro atoms. The Hall–Kier alpha value is -0.0400. The highest BCUT2D eigenvalue weighted by Gasteiger charge is 2.45. The molecule has 16 heavy (non-hydrogen) atoms. The minimum atomic E-state index is -0.444. The number of ether oxygens (including phenoxy) is 2. The van der Waals surface area contributed by atoms with Gasteiger partial charge in [-0.15, -0.1) is 0 Å². The highest BCUT2D eigenvalue weighted by Crippen LogP contribution is 2.36. The second-order valence-electron chi connectivity index (χ2n) is 5.31. The maximum atomic E-state index is 11.6. The van der Waals surface area contributed by atoms with E-state index in [-0.39, 0.29) is 17.7 Å². The van der Waals surface area contributed by atoms with Crippen molar-refractivity contribution in [3.8, 4) is 0 Å². The Bertz CT molecular complexity index is 256. The molecule has 0 unspecified atom stereocenters. The summed E-state index contributed by atoms with van der Waals surface area (Å²) in [5.41, 5.74) is -0.579. The average molecular weight is 341 g/mol. The van der Waals surface area contributed by atoms with Crippen LogP contribution in [0.15, 0.2) is 0 Å². The number of hydrogen-bond acceptors (Lipinski definition) is 3. The van der Waals surface area contributed by atoms with Crippen LogP contribution in [0.5, 0.6) is 0 Å². The monoisotopic (exact) mass is 341 g/mol. The van der Waals surface area contributed by atoms with Crippen LogP contribution in [0.2, 0.25) is 0 Å². The number of carbonyl (C=O) groups is 1. The first-order valence-corrected chi connectivity index (χ1v) is 6.93. The van der Waals surface area contributed by atoms with Gasteiger partial charge in [0, 0.05) is 11.5 Å². The summed E-state index contributed by atoms with van der Waals surface area (Å²) in [6.07, 6.45) is 1.67. The van der Waals surface area contributed by atoms with E-state index >= 15 is 0 Å². The van der Waals surface area contributed by atoms with Crippen molar-refractivity contribution in [1.82, 2.24) is 5.32 Å². The largest absolute Gasteiger partial charge is 0.444 e. The van der Waals surface area contributed by atoms with Crippen LogP contribution >= 0.6 is 22.6 Å². The number of carbonyl (C=O) groups excluding carboxylic acids is 1. The maximum Gasteiger partial charge on any atom is 0.408 e. The maximum absolute atomic E-state index is 11.6. The van der Waals surface area contributed by atoms with Crippen LogP contribution < -0.4 is 5.32 Å². The number of rotatable bonds is 3. The number of hydrogen-bond donors (Lipinski definition) is 1. The molecular formula is C11H20INO3. The molecule has 1 fully saturated rings. The fourth-order valence-electron chi connectivity index (χ4n) is 1.74. The molecule has 1 aliphatic rings. The molecule has 5 heteroatoms. The van der Waals surface area contributed by atoms with Crippen molar-refractivity contribution in [2.24, 2.45) is 0 Å². The summed E-state index contributed by atoms with van der Waals surface area (Å²) in [7, 11) is 1.70. The Balaban J connectivity index is 2.44. The van der Waals surface area contributed by atoms with Crippen LogP contribution in [-0.4, -0.2) is 34.9 Å². The highest BCUT2D eigenvalue weighted by molar-refractivity contribution is 14.1. The summed E-state index contributed by atoms with van der Waals surface area (Å²) in [6.45, 7) is 5.59.